The normalized spacial score (nSPS) is 10.4. The van der Waals surface area contributed by atoms with Crippen LogP contribution in [0.5, 0.6) is 5.75 Å². The van der Waals surface area contributed by atoms with Gasteiger partial charge in [0.05, 0.1) is 5.88 Å². The molecule has 4 heteroatoms. The van der Waals surface area contributed by atoms with Crippen molar-refractivity contribution in [2.75, 3.05) is 0 Å². The van der Waals surface area contributed by atoms with Crippen molar-refractivity contribution in [2.45, 2.75) is 12.5 Å². The molecule has 1 nitrogen and oxygen atoms in total. The summed E-state index contributed by atoms with van der Waals surface area (Å²) < 4.78 is 18.6. The van der Waals surface area contributed by atoms with Crippen LogP contribution in [0.15, 0.2) is 42.5 Å². The Balaban J connectivity index is 2.13. The minimum atomic E-state index is -0.278. The van der Waals surface area contributed by atoms with Gasteiger partial charge in [0.2, 0.25) is 0 Å². The van der Waals surface area contributed by atoms with E-state index in [0.29, 0.717) is 10.8 Å². The number of hydrogen-bond donors (Lipinski definition) is 0. The van der Waals surface area contributed by atoms with Gasteiger partial charge in [-0.25, -0.2) is 4.39 Å². The topological polar surface area (TPSA) is 9.23 Å². The maximum atomic E-state index is 13.0. The molecule has 0 radical (unpaired) electrons. The fraction of sp³-hybridized carbons (Fsp3) is 0.143. The summed E-state index contributed by atoms with van der Waals surface area (Å²) in [4.78, 5) is 0. The van der Waals surface area contributed by atoms with Crippen molar-refractivity contribution >= 4 is 23.2 Å². The lowest BCUT2D eigenvalue weighted by Crippen LogP contribution is -1.98. The highest BCUT2D eigenvalue weighted by molar-refractivity contribution is 6.32. The maximum Gasteiger partial charge on any atom is 0.125 e. The van der Waals surface area contributed by atoms with Crippen LogP contribution in [-0.2, 0) is 12.5 Å². The molecule has 0 aromatic heterocycles. The van der Waals surface area contributed by atoms with Gasteiger partial charge in [0.15, 0.2) is 0 Å². The van der Waals surface area contributed by atoms with Crippen molar-refractivity contribution in [3.8, 4) is 5.75 Å². The van der Waals surface area contributed by atoms with Crippen LogP contribution < -0.4 is 4.74 Å². The lowest BCUT2D eigenvalue weighted by atomic mass is 10.2. The van der Waals surface area contributed by atoms with Crippen LogP contribution >= 0.6 is 23.2 Å². The summed E-state index contributed by atoms with van der Waals surface area (Å²) >= 11 is 11.8. The Bertz CT molecular complexity index is 543. The second-order valence-corrected chi connectivity index (χ2v) is 4.44. The summed E-state index contributed by atoms with van der Waals surface area (Å²) in [6.45, 7) is 0.280. The van der Waals surface area contributed by atoms with Crippen molar-refractivity contribution in [2.24, 2.45) is 0 Å². The number of rotatable bonds is 4. The van der Waals surface area contributed by atoms with Crippen molar-refractivity contribution < 1.29 is 9.13 Å². The summed E-state index contributed by atoms with van der Waals surface area (Å²) in [5.74, 6) is 0.625. The van der Waals surface area contributed by atoms with Gasteiger partial charge >= 0.3 is 0 Å². The number of hydrogen-bond acceptors (Lipinski definition) is 1. The van der Waals surface area contributed by atoms with E-state index in [1.54, 1.807) is 30.3 Å². The average Bonchev–Trinajstić information content (AvgIpc) is 2.36. The first-order valence-electron chi connectivity index (χ1n) is 5.41. The van der Waals surface area contributed by atoms with Crippen molar-refractivity contribution in [1.82, 2.24) is 0 Å². The van der Waals surface area contributed by atoms with E-state index in [4.69, 9.17) is 27.9 Å². The van der Waals surface area contributed by atoms with E-state index in [1.807, 2.05) is 0 Å². The number of benzene rings is 2. The summed E-state index contributed by atoms with van der Waals surface area (Å²) in [6.07, 6.45) is 0. The highest BCUT2D eigenvalue weighted by atomic mass is 35.5. The first-order valence-corrected chi connectivity index (χ1v) is 6.32. The molecule has 2 rings (SSSR count). The lowest BCUT2D eigenvalue weighted by Gasteiger charge is -2.11. The van der Waals surface area contributed by atoms with Crippen molar-refractivity contribution in [3.63, 3.8) is 0 Å². The van der Waals surface area contributed by atoms with Crippen LogP contribution in [0, 0.1) is 5.82 Å². The van der Waals surface area contributed by atoms with E-state index in [9.17, 15) is 4.39 Å². The molecule has 2 aromatic carbocycles. The van der Waals surface area contributed by atoms with E-state index in [1.165, 1.54) is 12.1 Å². The molecule has 2 aromatic rings. The van der Waals surface area contributed by atoms with Gasteiger partial charge in [-0.1, -0.05) is 29.8 Å². The molecule has 0 atom stereocenters. The zero-order valence-corrected chi connectivity index (χ0v) is 11.0. The molecule has 0 N–H and O–H groups in total. The molecule has 0 saturated heterocycles. The highest BCUT2D eigenvalue weighted by Gasteiger charge is 2.07. The Hall–Kier alpha value is -1.25. The Morgan fingerprint density at radius 3 is 2.61 bits per heavy atom. The van der Waals surface area contributed by atoms with Crippen molar-refractivity contribution in [1.29, 1.82) is 0 Å². The predicted molar refractivity (Wildman–Crippen MR) is 71.7 cm³/mol. The fourth-order valence-electron chi connectivity index (χ4n) is 1.59. The van der Waals surface area contributed by atoms with Crippen LogP contribution in [0.4, 0.5) is 4.39 Å². The third kappa shape index (κ3) is 3.15. The first-order chi connectivity index (χ1) is 8.70. The van der Waals surface area contributed by atoms with Gasteiger partial charge in [-0.15, -0.1) is 11.6 Å². The molecule has 0 saturated carbocycles. The molecule has 94 valence electrons. The van der Waals surface area contributed by atoms with Gasteiger partial charge in [-0.05, 0) is 29.8 Å². The van der Waals surface area contributed by atoms with Gasteiger partial charge in [-0.3, -0.25) is 0 Å². The van der Waals surface area contributed by atoms with Gasteiger partial charge in [0.25, 0.3) is 0 Å². The molecule has 0 aliphatic rings. The van der Waals surface area contributed by atoms with E-state index >= 15 is 0 Å². The molecular formula is C14H11Cl2FO. The third-order valence-corrected chi connectivity index (χ3v) is 3.11. The van der Waals surface area contributed by atoms with Crippen LogP contribution in [0.1, 0.15) is 11.1 Å². The first kappa shape index (κ1) is 13.2. The largest absolute Gasteiger partial charge is 0.489 e. The standard InChI is InChI=1S/C14H11Cl2FO/c15-8-12-13(16)5-2-6-14(12)18-9-10-3-1-4-11(17)7-10/h1-7H,8-9H2. The summed E-state index contributed by atoms with van der Waals surface area (Å²) in [5, 5.41) is 0.571. The van der Waals surface area contributed by atoms with Gasteiger partial charge in [-0.2, -0.15) is 0 Å². The van der Waals surface area contributed by atoms with Gasteiger partial charge in [0, 0.05) is 10.6 Å². The molecule has 0 spiro atoms. The van der Waals surface area contributed by atoms with E-state index in [-0.39, 0.29) is 18.3 Å². The van der Waals surface area contributed by atoms with Crippen LogP contribution in [0.3, 0.4) is 0 Å². The van der Waals surface area contributed by atoms with E-state index < -0.39 is 0 Å². The summed E-state index contributed by atoms with van der Waals surface area (Å²) in [5.41, 5.74) is 1.51. The number of ether oxygens (including phenoxy) is 1. The second-order valence-electron chi connectivity index (χ2n) is 3.77. The Kier molecular flexibility index (Phi) is 4.45. The molecular weight excluding hydrogens is 274 g/mol. The molecule has 0 aliphatic carbocycles. The van der Waals surface area contributed by atoms with E-state index in [0.717, 1.165) is 11.1 Å². The van der Waals surface area contributed by atoms with E-state index in [2.05, 4.69) is 0 Å². The monoisotopic (exact) mass is 284 g/mol. The molecule has 0 bridgehead atoms. The van der Waals surface area contributed by atoms with Gasteiger partial charge in [0.1, 0.15) is 18.2 Å². The highest BCUT2D eigenvalue weighted by Crippen LogP contribution is 2.28. The zero-order valence-electron chi connectivity index (χ0n) is 9.50. The molecule has 0 fully saturated rings. The Morgan fingerprint density at radius 1 is 1.11 bits per heavy atom. The molecule has 0 unspecified atom stereocenters. The van der Waals surface area contributed by atoms with Crippen molar-refractivity contribution in [3.05, 3.63) is 64.4 Å². The van der Waals surface area contributed by atoms with Crippen LogP contribution in [0.25, 0.3) is 0 Å². The summed E-state index contributed by atoms with van der Waals surface area (Å²) in [6, 6.07) is 11.6. The second kappa shape index (κ2) is 6.07. The van der Waals surface area contributed by atoms with Crippen LogP contribution in [0.2, 0.25) is 5.02 Å². The summed E-state index contributed by atoms with van der Waals surface area (Å²) in [7, 11) is 0. The lowest BCUT2D eigenvalue weighted by molar-refractivity contribution is 0.303. The van der Waals surface area contributed by atoms with Crippen LogP contribution in [-0.4, -0.2) is 0 Å². The molecule has 0 amide bonds. The van der Waals surface area contributed by atoms with Gasteiger partial charge < -0.3 is 4.74 Å². The third-order valence-electron chi connectivity index (χ3n) is 2.49. The minimum absolute atomic E-state index is 0.276. The predicted octanol–water partition coefficient (Wildman–Crippen LogP) is 4.80. The average molecular weight is 285 g/mol. The molecule has 0 aliphatic heterocycles. The number of halogens is 3. The maximum absolute atomic E-state index is 13.0. The smallest absolute Gasteiger partial charge is 0.125 e. The Morgan fingerprint density at radius 2 is 1.89 bits per heavy atom. The molecule has 0 heterocycles. The number of alkyl halides is 1. The quantitative estimate of drug-likeness (QED) is 0.733. The fourth-order valence-corrected chi connectivity index (χ4v) is 2.17. The minimum Gasteiger partial charge on any atom is -0.489 e. The SMILES string of the molecule is Fc1cccc(COc2cccc(Cl)c2CCl)c1. The Labute approximate surface area is 115 Å². The molecule has 18 heavy (non-hydrogen) atoms. The zero-order chi connectivity index (χ0) is 13.0.